The Morgan fingerprint density at radius 1 is 1.53 bits per heavy atom. The smallest absolute Gasteiger partial charge is 0.322 e. The van der Waals surface area contributed by atoms with Crippen molar-refractivity contribution in [1.82, 2.24) is 10.3 Å². The van der Waals surface area contributed by atoms with Gasteiger partial charge in [0.2, 0.25) is 0 Å². The molecule has 0 saturated heterocycles. The minimum absolute atomic E-state index is 0.200. The molecule has 0 aliphatic rings. The second-order valence-corrected chi connectivity index (χ2v) is 3.92. The van der Waals surface area contributed by atoms with Gasteiger partial charge in [-0.2, -0.15) is 0 Å². The van der Waals surface area contributed by atoms with Crippen molar-refractivity contribution in [3.8, 4) is 0 Å². The number of methoxy groups -OCH3 is 1. The monoisotopic (exact) mass is 236 g/mol. The van der Waals surface area contributed by atoms with Gasteiger partial charge >= 0.3 is 5.97 Å². The standard InChI is InChI=1S/C13H20N2O2/c1-3-4-8-12(13(16)17-2)15-10-11-7-5-6-9-14-11/h5-7,9,12,15H,3-4,8,10H2,1-2H3. The molecule has 1 rings (SSSR count). The Labute approximate surface area is 102 Å². The van der Waals surface area contributed by atoms with Crippen molar-refractivity contribution in [2.75, 3.05) is 7.11 Å². The fraction of sp³-hybridized carbons (Fsp3) is 0.538. The van der Waals surface area contributed by atoms with Gasteiger partial charge in [0.05, 0.1) is 12.8 Å². The van der Waals surface area contributed by atoms with E-state index in [1.165, 1.54) is 7.11 Å². The van der Waals surface area contributed by atoms with Crippen molar-refractivity contribution in [3.63, 3.8) is 0 Å². The highest BCUT2D eigenvalue weighted by Crippen LogP contribution is 2.04. The first-order valence-electron chi connectivity index (χ1n) is 5.99. The Kier molecular flexibility index (Phi) is 6.25. The lowest BCUT2D eigenvalue weighted by Crippen LogP contribution is -2.37. The lowest BCUT2D eigenvalue weighted by Gasteiger charge is -2.15. The predicted octanol–water partition coefficient (Wildman–Crippen LogP) is 1.90. The lowest BCUT2D eigenvalue weighted by atomic mass is 10.1. The van der Waals surface area contributed by atoms with Crippen molar-refractivity contribution in [2.24, 2.45) is 0 Å². The summed E-state index contributed by atoms with van der Waals surface area (Å²) in [6.45, 7) is 2.69. The second-order valence-electron chi connectivity index (χ2n) is 3.92. The molecule has 4 heteroatoms. The quantitative estimate of drug-likeness (QED) is 0.735. The van der Waals surface area contributed by atoms with E-state index in [0.29, 0.717) is 6.54 Å². The van der Waals surface area contributed by atoms with Crippen LogP contribution < -0.4 is 5.32 Å². The third-order valence-electron chi connectivity index (χ3n) is 2.59. The first-order chi connectivity index (χ1) is 8.27. The fourth-order valence-electron chi connectivity index (χ4n) is 1.58. The number of hydrogen-bond acceptors (Lipinski definition) is 4. The molecule has 1 aromatic heterocycles. The largest absolute Gasteiger partial charge is 0.468 e. The van der Waals surface area contributed by atoms with Crippen LogP contribution in [-0.2, 0) is 16.1 Å². The van der Waals surface area contributed by atoms with Crippen molar-refractivity contribution in [1.29, 1.82) is 0 Å². The van der Waals surface area contributed by atoms with Crippen LogP contribution in [0, 0.1) is 0 Å². The summed E-state index contributed by atoms with van der Waals surface area (Å²) in [7, 11) is 1.42. The molecule has 0 bridgehead atoms. The molecule has 1 N–H and O–H groups in total. The molecular formula is C13H20N2O2. The Balaban J connectivity index is 2.46. The number of esters is 1. The number of unbranched alkanes of at least 4 members (excludes halogenated alkanes) is 1. The molecule has 0 amide bonds. The highest BCUT2D eigenvalue weighted by atomic mass is 16.5. The van der Waals surface area contributed by atoms with Crippen LogP contribution in [0.15, 0.2) is 24.4 Å². The Hall–Kier alpha value is -1.42. The van der Waals surface area contributed by atoms with E-state index < -0.39 is 0 Å². The molecule has 94 valence electrons. The zero-order chi connectivity index (χ0) is 12.5. The van der Waals surface area contributed by atoms with Crippen LogP contribution in [0.3, 0.4) is 0 Å². The molecule has 0 aromatic carbocycles. The minimum Gasteiger partial charge on any atom is -0.468 e. The van der Waals surface area contributed by atoms with Crippen LogP contribution in [0.25, 0.3) is 0 Å². The first-order valence-corrected chi connectivity index (χ1v) is 5.99. The number of carbonyl (C=O) groups excluding carboxylic acids is 1. The summed E-state index contributed by atoms with van der Waals surface area (Å²) < 4.78 is 4.78. The van der Waals surface area contributed by atoms with E-state index in [4.69, 9.17) is 4.74 Å². The van der Waals surface area contributed by atoms with Gasteiger partial charge in [0.1, 0.15) is 6.04 Å². The topological polar surface area (TPSA) is 51.2 Å². The van der Waals surface area contributed by atoms with Gasteiger partial charge in [-0.25, -0.2) is 0 Å². The summed E-state index contributed by atoms with van der Waals surface area (Å²) in [5.41, 5.74) is 0.929. The fourth-order valence-corrected chi connectivity index (χ4v) is 1.58. The highest BCUT2D eigenvalue weighted by molar-refractivity contribution is 5.75. The lowest BCUT2D eigenvalue weighted by molar-refractivity contribution is -0.143. The number of carbonyl (C=O) groups is 1. The van der Waals surface area contributed by atoms with Gasteiger partial charge in [-0.05, 0) is 18.6 Å². The van der Waals surface area contributed by atoms with Gasteiger partial charge in [0.15, 0.2) is 0 Å². The summed E-state index contributed by atoms with van der Waals surface area (Å²) in [4.78, 5) is 15.7. The molecule has 1 unspecified atom stereocenters. The van der Waals surface area contributed by atoms with Crippen molar-refractivity contribution in [2.45, 2.75) is 38.8 Å². The average Bonchev–Trinajstić information content (AvgIpc) is 2.39. The van der Waals surface area contributed by atoms with E-state index in [0.717, 1.165) is 25.0 Å². The molecule has 1 heterocycles. The van der Waals surface area contributed by atoms with E-state index >= 15 is 0 Å². The van der Waals surface area contributed by atoms with Crippen LogP contribution in [0.5, 0.6) is 0 Å². The first kappa shape index (κ1) is 13.6. The molecule has 0 fully saturated rings. The van der Waals surface area contributed by atoms with Gasteiger partial charge in [-0.3, -0.25) is 15.1 Å². The zero-order valence-electron chi connectivity index (χ0n) is 10.5. The van der Waals surface area contributed by atoms with Gasteiger partial charge in [0.25, 0.3) is 0 Å². The van der Waals surface area contributed by atoms with E-state index in [-0.39, 0.29) is 12.0 Å². The molecule has 0 radical (unpaired) electrons. The SMILES string of the molecule is CCCCC(NCc1ccccn1)C(=O)OC. The Bertz CT molecular complexity index is 327. The summed E-state index contributed by atoms with van der Waals surface area (Å²) in [5.74, 6) is -0.200. The summed E-state index contributed by atoms with van der Waals surface area (Å²) in [6, 6.07) is 5.50. The molecule has 1 aromatic rings. The van der Waals surface area contributed by atoms with Crippen LogP contribution in [0.1, 0.15) is 31.9 Å². The average molecular weight is 236 g/mol. The molecule has 17 heavy (non-hydrogen) atoms. The highest BCUT2D eigenvalue weighted by Gasteiger charge is 2.17. The molecule has 4 nitrogen and oxygen atoms in total. The number of nitrogens with zero attached hydrogens (tertiary/aromatic N) is 1. The van der Waals surface area contributed by atoms with Crippen LogP contribution in [-0.4, -0.2) is 24.1 Å². The number of hydrogen-bond donors (Lipinski definition) is 1. The molecule has 1 atom stereocenters. The van der Waals surface area contributed by atoms with E-state index in [9.17, 15) is 4.79 Å². The van der Waals surface area contributed by atoms with Gasteiger partial charge in [0, 0.05) is 12.7 Å². The van der Waals surface area contributed by atoms with Crippen LogP contribution in [0.2, 0.25) is 0 Å². The number of nitrogens with one attached hydrogen (secondary N) is 1. The van der Waals surface area contributed by atoms with E-state index in [1.807, 2.05) is 18.2 Å². The molecule has 0 aliphatic carbocycles. The summed E-state index contributed by atoms with van der Waals surface area (Å²) >= 11 is 0. The van der Waals surface area contributed by atoms with Crippen molar-refractivity contribution < 1.29 is 9.53 Å². The Morgan fingerprint density at radius 2 is 2.35 bits per heavy atom. The maximum Gasteiger partial charge on any atom is 0.322 e. The number of pyridine rings is 1. The number of ether oxygens (including phenoxy) is 1. The third-order valence-corrected chi connectivity index (χ3v) is 2.59. The Morgan fingerprint density at radius 3 is 2.94 bits per heavy atom. The minimum atomic E-state index is -0.234. The molecule has 0 saturated carbocycles. The van der Waals surface area contributed by atoms with Crippen molar-refractivity contribution in [3.05, 3.63) is 30.1 Å². The summed E-state index contributed by atoms with van der Waals surface area (Å²) in [5, 5.41) is 3.18. The predicted molar refractivity (Wildman–Crippen MR) is 66.4 cm³/mol. The van der Waals surface area contributed by atoms with Gasteiger partial charge in [-0.15, -0.1) is 0 Å². The maximum atomic E-state index is 11.5. The maximum absolute atomic E-state index is 11.5. The number of rotatable bonds is 7. The number of aromatic nitrogens is 1. The van der Waals surface area contributed by atoms with Crippen molar-refractivity contribution >= 4 is 5.97 Å². The van der Waals surface area contributed by atoms with E-state index in [1.54, 1.807) is 6.20 Å². The third kappa shape index (κ3) is 4.95. The van der Waals surface area contributed by atoms with Gasteiger partial charge in [-0.1, -0.05) is 25.8 Å². The summed E-state index contributed by atoms with van der Waals surface area (Å²) in [6.07, 6.45) is 4.62. The van der Waals surface area contributed by atoms with Gasteiger partial charge < -0.3 is 4.74 Å². The normalized spacial score (nSPS) is 12.1. The molecule has 0 spiro atoms. The van der Waals surface area contributed by atoms with E-state index in [2.05, 4.69) is 17.2 Å². The molecular weight excluding hydrogens is 216 g/mol. The van der Waals surface area contributed by atoms with Crippen LogP contribution in [0.4, 0.5) is 0 Å². The van der Waals surface area contributed by atoms with Crippen LogP contribution >= 0.6 is 0 Å². The zero-order valence-corrected chi connectivity index (χ0v) is 10.5. The molecule has 0 aliphatic heterocycles. The second kappa shape index (κ2) is 7.79.